The molecule has 0 spiro atoms. The third-order valence-electron chi connectivity index (χ3n) is 1.87. The molecule has 0 radical (unpaired) electrons. The monoisotopic (exact) mass is 237 g/mol. The maximum absolute atomic E-state index is 10.9. The number of aromatic nitrogens is 4. The second kappa shape index (κ2) is 3.90. The molecule has 0 saturated heterocycles. The van der Waals surface area contributed by atoms with Gasteiger partial charge in [0, 0.05) is 12.3 Å². The lowest BCUT2D eigenvalue weighted by molar-refractivity contribution is 0.0995. The van der Waals surface area contributed by atoms with Crippen LogP contribution in [-0.2, 0) is 0 Å². The standard InChI is InChI=1S/C9H8ClN5O/c1-5-12-7(10)4-8(13-5)15-3-2-6(14-15)9(11)16/h2-4H,1H3,(H2,11,16). The van der Waals surface area contributed by atoms with Crippen molar-refractivity contribution in [3.63, 3.8) is 0 Å². The summed E-state index contributed by atoms with van der Waals surface area (Å²) in [7, 11) is 0. The van der Waals surface area contributed by atoms with Crippen molar-refractivity contribution >= 4 is 17.5 Å². The van der Waals surface area contributed by atoms with Crippen molar-refractivity contribution in [1.29, 1.82) is 0 Å². The smallest absolute Gasteiger partial charge is 0.269 e. The van der Waals surface area contributed by atoms with E-state index >= 15 is 0 Å². The third kappa shape index (κ3) is 2.01. The Bertz CT molecular complexity index is 530. The first-order chi connectivity index (χ1) is 7.56. The van der Waals surface area contributed by atoms with Crippen LogP contribution < -0.4 is 5.73 Å². The Kier molecular flexibility index (Phi) is 2.57. The van der Waals surface area contributed by atoms with Gasteiger partial charge in [-0.2, -0.15) is 5.10 Å². The van der Waals surface area contributed by atoms with Gasteiger partial charge in [-0.25, -0.2) is 14.6 Å². The lowest BCUT2D eigenvalue weighted by Crippen LogP contribution is -2.12. The molecule has 82 valence electrons. The van der Waals surface area contributed by atoms with Crippen molar-refractivity contribution in [2.45, 2.75) is 6.92 Å². The van der Waals surface area contributed by atoms with E-state index in [4.69, 9.17) is 17.3 Å². The van der Waals surface area contributed by atoms with E-state index in [-0.39, 0.29) is 5.69 Å². The minimum Gasteiger partial charge on any atom is -0.364 e. The van der Waals surface area contributed by atoms with Crippen molar-refractivity contribution in [2.24, 2.45) is 5.73 Å². The SMILES string of the molecule is Cc1nc(Cl)cc(-n2ccc(C(N)=O)n2)n1. The van der Waals surface area contributed by atoms with E-state index in [9.17, 15) is 4.79 Å². The fourth-order valence-electron chi connectivity index (χ4n) is 1.22. The minimum absolute atomic E-state index is 0.174. The van der Waals surface area contributed by atoms with Crippen LogP contribution in [0.15, 0.2) is 18.3 Å². The van der Waals surface area contributed by atoms with Crippen molar-refractivity contribution in [1.82, 2.24) is 19.7 Å². The fraction of sp³-hybridized carbons (Fsp3) is 0.111. The summed E-state index contributed by atoms with van der Waals surface area (Å²) < 4.78 is 1.42. The third-order valence-corrected chi connectivity index (χ3v) is 2.06. The zero-order chi connectivity index (χ0) is 11.7. The fourth-order valence-corrected chi connectivity index (χ4v) is 1.44. The van der Waals surface area contributed by atoms with E-state index in [1.54, 1.807) is 19.2 Å². The van der Waals surface area contributed by atoms with Crippen LogP contribution in [-0.4, -0.2) is 25.7 Å². The lowest BCUT2D eigenvalue weighted by atomic mass is 10.4. The molecule has 2 rings (SSSR count). The number of carbonyl (C=O) groups excluding carboxylic acids is 1. The van der Waals surface area contributed by atoms with Crippen molar-refractivity contribution < 1.29 is 4.79 Å². The summed E-state index contributed by atoms with van der Waals surface area (Å²) in [6.07, 6.45) is 1.58. The molecule has 0 aliphatic heterocycles. The summed E-state index contributed by atoms with van der Waals surface area (Å²) in [6, 6.07) is 3.06. The Hall–Kier alpha value is -1.95. The van der Waals surface area contributed by atoms with Crippen LogP contribution in [0.5, 0.6) is 0 Å². The molecular weight excluding hydrogens is 230 g/mol. The number of amides is 1. The quantitative estimate of drug-likeness (QED) is 0.780. The van der Waals surface area contributed by atoms with Gasteiger partial charge in [0.15, 0.2) is 5.82 Å². The number of hydrogen-bond acceptors (Lipinski definition) is 4. The number of halogens is 1. The van der Waals surface area contributed by atoms with Gasteiger partial charge in [0.2, 0.25) is 0 Å². The van der Waals surface area contributed by atoms with Gasteiger partial charge in [-0.05, 0) is 13.0 Å². The number of hydrogen-bond donors (Lipinski definition) is 1. The number of carbonyl (C=O) groups is 1. The van der Waals surface area contributed by atoms with Crippen LogP contribution in [0.1, 0.15) is 16.3 Å². The van der Waals surface area contributed by atoms with E-state index in [2.05, 4.69) is 15.1 Å². The predicted molar refractivity (Wildman–Crippen MR) is 57.4 cm³/mol. The average molecular weight is 238 g/mol. The Morgan fingerprint density at radius 3 is 2.81 bits per heavy atom. The second-order valence-corrected chi connectivity index (χ2v) is 3.49. The summed E-state index contributed by atoms with van der Waals surface area (Å²) in [5.74, 6) is 0.430. The molecule has 0 fully saturated rings. The van der Waals surface area contributed by atoms with Gasteiger partial charge in [0.25, 0.3) is 5.91 Å². The van der Waals surface area contributed by atoms with Gasteiger partial charge in [-0.1, -0.05) is 11.6 Å². The molecule has 16 heavy (non-hydrogen) atoms. The van der Waals surface area contributed by atoms with Crippen LogP contribution >= 0.6 is 11.6 Å². The summed E-state index contributed by atoms with van der Waals surface area (Å²) >= 11 is 5.79. The van der Waals surface area contributed by atoms with Gasteiger partial charge in [-0.3, -0.25) is 4.79 Å². The normalized spacial score (nSPS) is 10.4. The minimum atomic E-state index is -0.587. The zero-order valence-corrected chi connectivity index (χ0v) is 9.14. The average Bonchev–Trinajstić information content (AvgIpc) is 2.64. The largest absolute Gasteiger partial charge is 0.364 e. The van der Waals surface area contributed by atoms with Crippen LogP contribution in [0, 0.1) is 6.92 Å². The van der Waals surface area contributed by atoms with E-state index in [1.165, 1.54) is 10.7 Å². The molecule has 2 N–H and O–H groups in total. The molecule has 0 aromatic carbocycles. The highest BCUT2D eigenvalue weighted by molar-refractivity contribution is 6.29. The number of nitrogens with two attached hydrogens (primary N) is 1. The van der Waals surface area contributed by atoms with Crippen LogP contribution in [0.3, 0.4) is 0 Å². The van der Waals surface area contributed by atoms with E-state index in [0.29, 0.717) is 16.8 Å². The van der Waals surface area contributed by atoms with Crippen LogP contribution in [0.4, 0.5) is 0 Å². The molecule has 2 aromatic rings. The van der Waals surface area contributed by atoms with E-state index < -0.39 is 5.91 Å². The van der Waals surface area contributed by atoms with Gasteiger partial charge in [0.05, 0.1) is 0 Å². The van der Waals surface area contributed by atoms with Gasteiger partial charge in [-0.15, -0.1) is 0 Å². The molecule has 0 saturated carbocycles. The Balaban J connectivity index is 2.46. The predicted octanol–water partition coefficient (Wildman–Crippen LogP) is 0.723. The molecule has 2 heterocycles. The molecule has 0 atom stereocenters. The van der Waals surface area contributed by atoms with Crippen LogP contribution in [0.25, 0.3) is 5.82 Å². The zero-order valence-electron chi connectivity index (χ0n) is 8.38. The van der Waals surface area contributed by atoms with Crippen molar-refractivity contribution in [3.8, 4) is 5.82 Å². The van der Waals surface area contributed by atoms with Crippen molar-refractivity contribution in [3.05, 3.63) is 35.0 Å². The van der Waals surface area contributed by atoms with E-state index in [0.717, 1.165) is 0 Å². The highest BCUT2D eigenvalue weighted by Gasteiger charge is 2.07. The van der Waals surface area contributed by atoms with Gasteiger partial charge < -0.3 is 5.73 Å². The summed E-state index contributed by atoms with van der Waals surface area (Å²) in [5.41, 5.74) is 5.26. The molecule has 7 heteroatoms. The Labute approximate surface area is 96.1 Å². The Morgan fingerprint density at radius 2 is 2.25 bits per heavy atom. The molecule has 1 amide bonds. The van der Waals surface area contributed by atoms with E-state index in [1.807, 2.05) is 0 Å². The second-order valence-electron chi connectivity index (χ2n) is 3.11. The molecule has 0 aliphatic carbocycles. The Morgan fingerprint density at radius 1 is 1.50 bits per heavy atom. The van der Waals surface area contributed by atoms with Crippen molar-refractivity contribution in [2.75, 3.05) is 0 Å². The molecule has 0 unspecified atom stereocenters. The summed E-state index contributed by atoms with van der Waals surface area (Å²) in [5, 5.41) is 4.27. The highest BCUT2D eigenvalue weighted by atomic mass is 35.5. The number of aryl methyl sites for hydroxylation is 1. The summed E-state index contributed by atoms with van der Waals surface area (Å²) in [6.45, 7) is 1.72. The first-order valence-corrected chi connectivity index (χ1v) is 4.81. The first kappa shape index (κ1) is 10.6. The lowest BCUT2D eigenvalue weighted by Gasteiger charge is -2.01. The number of primary amides is 1. The number of rotatable bonds is 2. The molecule has 2 aromatic heterocycles. The maximum atomic E-state index is 10.9. The van der Waals surface area contributed by atoms with Gasteiger partial charge in [0.1, 0.15) is 16.7 Å². The highest BCUT2D eigenvalue weighted by Crippen LogP contribution is 2.10. The molecule has 6 nitrogen and oxygen atoms in total. The molecular formula is C9H8ClN5O. The molecule has 0 bridgehead atoms. The van der Waals surface area contributed by atoms with Crippen LogP contribution in [0.2, 0.25) is 5.15 Å². The molecule has 0 aliphatic rings. The first-order valence-electron chi connectivity index (χ1n) is 4.43. The summed E-state index contributed by atoms with van der Waals surface area (Å²) in [4.78, 5) is 18.9. The topological polar surface area (TPSA) is 86.7 Å². The van der Waals surface area contributed by atoms with Gasteiger partial charge >= 0.3 is 0 Å². The number of nitrogens with zero attached hydrogens (tertiary/aromatic N) is 4. The maximum Gasteiger partial charge on any atom is 0.269 e.